The van der Waals surface area contributed by atoms with Gasteiger partial charge in [-0.05, 0) is 24.6 Å². The van der Waals surface area contributed by atoms with Gasteiger partial charge in [0.25, 0.3) is 0 Å². The minimum Gasteiger partial charge on any atom is -0.481 e. The van der Waals surface area contributed by atoms with Crippen molar-refractivity contribution in [3.05, 3.63) is 30.0 Å². The predicted molar refractivity (Wildman–Crippen MR) is 53.5 cm³/mol. The van der Waals surface area contributed by atoms with Crippen LogP contribution in [0.4, 0.5) is 0 Å². The number of methoxy groups -OCH3 is 1. The molecule has 1 rings (SSSR count). The summed E-state index contributed by atoms with van der Waals surface area (Å²) in [5.41, 5.74) is 6.42. The summed E-state index contributed by atoms with van der Waals surface area (Å²) >= 11 is 0. The third-order valence-electron chi connectivity index (χ3n) is 1.61. The van der Waals surface area contributed by atoms with Gasteiger partial charge >= 0.3 is 0 Å². The van der Waals surface area contributed by atoms with Crippen molar-refractivity contribution in [1.29, 1.82) is 0 Å². The van der Waals surface area contributed by atoms with Crippen LogP contribution >= 0.6 is 0 Å². The zero-order valence-corrected chi connectivity index (χ0v) is 7.73. The molecule has 0 saturated heterocycles. The Morgan fingerprint density at radius 3 is 2.92 bits per heavy atom. The fourth-order valence-corrected chi connectivity index (χ4v) is 0.927. The molecule has 3 nitrogen and oxygen atoms in total. The highest BCUT2D eigenvalue weighted by Crippen LogP contribution is 2.07. The predicted octanol–water partition coefficient (Wildman–Crippen LogP) is 1.45. The standard InChI is InChI=1S/C10H14N2O/c1-13-10-6-5-9(8-12-10)4-2-3-7-11/h2,4-6,8H,3,7,11H2,1H3/b4-2+. The third-order valence-corrected chi connectivity index (χ3v) is 1.61. The number of rotatable bonds is 4. The van der Waals surface area contributed by atoms with E-state index in [1.165, 1.54) is 0 Å². The molecule has 0 atom stereocenters. The molecule has 0 radical (unpaired) electrons. The number of nitrogens with zero attached hydrogens (tertiary/aromatic N) is 1. The molecule has 3 heteroatoms. The Labute approximate surface area is 78.2 Å². The molecule has 0 aliphatic rings. The smallest absolute Gasteiger partial charge is 0.212 e. The molecule has 70 valence electrons. The van der Waals surface area contributed by atoms with Crippen LogP contribution in [0.2, 0.25) is 0 Å². The molecule has 1 heterocycles. The number of aromatic nitrogens is 1. The Bertz CT molecular complexity index is 267. The first-order chi connectivity index (χ1) is 6.36. The summed E-state index contributed by atoms with van der Waals surface area (Å²) < 4.78 is 4.94. The van der Waals surface area contributed by atoms with E-state index >= 15 is 0 Å². The van der Waals surface area contributed by atoms with Gasteiger partial charge in [0, 0.05) is 12.3 Å². The van der Waals surface area contributed by atoms with Crippen molar-refractivity contribution >= 4 is 6.08 Å². The van der Waals surface area contributed by atoms with E-state index in [0.29, 0.717) is 12.4 Å². The van der Waals surface area contributed by atoms with Crippen LogP contribution in [0.5, 0.6) is 5.88 Å². The summed E-state index contributed by atoms with van der Waals surface area (Å²) in [6.45, 7) is 0.681. The fourth-order valence-electron chi connectivity index (χ4n) is 0.927. The molecule has 0 bridgehead atoms. The van der Waals surface area contributed by atoms with Crippen LogP contribution in [-0.4, -0.2) is 18.6 Å². The molecule has 0 amide bonds. The summed E-state index contributed by atoms with van der Waals surface area (Å²) in [5.74, 6) is 0.635. The summed E-state index contributed by atoms with van der Waals surface area (Å²) in [6.07, 6.45) is 6.70. The number of hydrogen-bond acceptors (Lipinski definition) is 3. The van der Waals surface area contributed by atoms with Crippen LogP contribution in [0.3, 0.4) is 0 Å². The SMILES string of the molecule is COc1ccc(/C=C/CCN)cn1. The second-order valence-corrected chi connectivity index (χ2v) is 2.61. The van der Waals surface area contributed by atoms with Crippen LogP contribution in [0.15, 0.2) is 24.4 Å². The van der Waals surface area contributed by atoms with Gasteiger partial charge in [-0.3, -0.25) is 0 Å². The van der Waals surface area contributed by atoms with E-state index < -0.39 is 0 Å². The molecule has 0 spiro atoms. The highest BCUT2D eigenvalue weighted by Gasteiger charge is 1.90. The summed E-state index contributed by atoms with van der Waals surface area (Å²) in [5, 5.41) is 0. The Morgan fingerprint density at radius 1 is 1.54 bits per heavy atom. The zero-order valence-electron chi connectivity index (χ0n) is 7.73. The molecule has 0 aliphatic carbocycles. The minimum absolute atomic E-state index is 0.635. The maximum atomic E-state index is 5.35. The fraction of sp³-hybridized carbons (Fsp3) is 0.300. The first-order valence-corrected chi connectivity index (χ1v) is 4.23. The van der Waals surface area contributed by atoms with Crippen LogP contribution in [0, 0.1) is 0 Å². The van der Waals surface area contributed by atoms with Crippen molar-refractivity contribution in [1.82, 2.24) is 4.98 Å². The molecule has 0 unspecified atom stereocenters. The second-order valence-electron chi connectivity index (χ2n) is 2.61. The number of pyridine rings is 1. The molecule has 0 saturated carbocycles. The van der Waals surface area contributed by atoms with Crippen molar-refractivity contribution < 1.29 is 4.74 Å². The van der Waals surface area contributed by atoms with E-state index in [4.69, 9.17) is 10.5 Å². The van der Waals surface area contributed by atoms with E-state index in [2.05, 4.69) is 4.98 Å². The molecule has 1 aromatic heterocycles. The Hall–Kier alpha value is -1.35. The van der Waals surface area contributed by atoms with Gasteiger partial charge in [-0.15, -0.1) is 0 Å². The van der Waals surface area contributed by atoms with Gasteiger partial charge in [0.2, 0.25) is 5.88 Å². The lowest BCUT2D eigenvalue weighted by molar-refractivity contribution is 0.398. The van der Waals surface area contributed by atoms with Gasteiger partial charge in [0.05, 0.1) is 7.11 Å². The van der Waals surface area contributed by atoms with Gasteiger partial charge in [0.1, 0.15) is 0 Å². The number of hydrogen-bond donors (Lipinski definition) is 1. The summed E-state index contributed by atoms with van der Waals surface area (Å²) in [7, 11) is 1.60. The summed E-state index contributed by atoms with van der Waals surface area (Å²) in [4.78, 5) is 4.07. The third kappa shape index (κ3) is 3.25. The lowest BCUT2D eigenvalue weighted by Crippen LogP contribution is -1.95. The largest absolute Gasteiger partial charge is 0.481 e. The van der Waals surface area contributed by atoms with Crippen molar-refractivity contribution in [2.45, 2.75) is 6.42 Å². The Kier molecular flexibility index (Phi) is 3.99. The molecule has 2 N–H and O–H groups in total. The first-order valence-electron chi connectivity index (χ1n) is 4.23. The zero-order chi connectivity index (χ0) is 9.52. The molecule has 13 heavy (non-hydrogen) atoms. The Balaban J connectivity index is 2.58. The lowest BCUT2D eigenvalue weighted by atomic mass is 10.2. The van der Waals surface area contributed by atoms with Crippen LogP contribution in [-0.2, 0) is 0 Å². The average Bonchev–Trinajstić information content (AvgIpc) is 2.19. The van der Waals surface area contributed by atoms with Crippen molar-refractivity contribution in [2.24, 2.45) is 5.73 Å². The highest BCUT2D eigenvalue weighted by molar-refractivity contribution is 5.48. The van der Waals surface area contributed by atoms with Gasteiger partial charge in [-0.1, -0.05) is 12.2 Å². The second kappa shape index (κ2) is 5.32. The van der Waals surface area contributed by atoms with E-state index in [0.717, 1.165) is 12.0 Å². The lowest BCUT2D eigenvalue weighted by Gasteiger charge is -1.97. The van der Waals surface area contributed by atoms with Crippen molar-refractivity contribution in [3.8, 4) is 5.88 Å². The molecule has 0 fully saturated rings. The highest BCUT2D eigenvalue weighted by atomic mass is 16.5. The van der Waals surface area contributed by atoms with Crippen LogP contribution < -0.4 is 10.5 Å². The van der Waals surface area contributed by atoms with Crippen LogP contribution in [0.1, 0.15) is 12.0 Å². The van der Waals surface area contributed by atoms with Gasteiger partial charge in [0.15, 0.2) is 0 Å². The maximum Gasteiger partial charge on any atom is 0.212 e. The quantitative estimate of drug-likeness (QED) is 0.759. The van der Waals surface area contributed by atoms with E-state index in [-0.39, 0.29) is 0 Å². The van der Waals surface area contributed by atoms with E-state index in [1.54, 1.807) is 13.3 Å². The van der Waals surface area contributed by atoms with Gasteiger partial charge in [-0.25, -0.2) is 4.98 Å². The van der Waals surface area contributed by atoms with E-state index in [1.807, 2.05) is 24.3 Å². The van der Waals surface area contributed by atoms with Gasteiger partial charge in [-0.2, -0.15) is 0 Å². The molecular formula is C10H14N2O. The van der Waals surface area contributed by atoms with Gasteiger partial charge < -0.3 is 10.5 Å². The first kappa shape index (κ1) is 9.74. The molecule has 0 aliphatic heterocycles. The topological polar surface area (TPSA) is 48.1 Å². The Morgan fingerprint density at radius 2 is 2.38 bits per heavy atom. The van der Waals surface area contributed by atoms with Crippen LogP contribution in [0.25, 0.3) is 6.08 Å². The summed E-state index contributed by atoms with van der Waals surface area (Å²) in [6, 6.07) is 3.79. The maximum absolute atomic E-state index is 5.35. The van der Waals surface area contributed by atoms with E-state index in [9.17, 15) is 0 Å². The minimum atomic E-state index is 0.635. The molecule has 0 aromatic carbocycles. The number of nitrogens with two attached hydrogens (primary N) is 1. The average molecular weight is 178 g/mol. The van der Waals surface area contributed by atoms with Crippen molar-refractivity contribution in [2.75, 3.05) is 13.7 Å². The number of ether oxygens (including phenoxy) is 1. The molecule has 1 aromatic rings. The molecular weight excluding hydrogens is 164 g/mol. The normalized spacial score (nSPS) is 10.6. The monoisotopic (exact) mass is 178 g/mol. The van der Waals surface area contributed by atoms with Crippen molar-refractivity contribution in [3.63, 3.8) is 0 Å².